The molecule has 38 heavy (non-hydrogen) atoms. The normalized spacial score (nSPS) is 13.5. The van der Waals surface area contributed by atoms with E-state index < -0.39 is 5.97 Å². The number of oxime groups is 1. The maximum Gasteiger partial charge on any atom is 0.331 e. The molecule has 0 saturated carbocycles. The molecule has 0 unspecified atom stereocenters. The van der Waals surface area contributed by atoms with Crippen LogP contribution < -0.4 is 0 Å². The highest BCUT2D eigenvalue weighted by Gasteiger charge is 2.15. The summed E-state index contributed by atoms with van der Waals surface area (Å²) in [6.45, 7) is 3.46. The Morgan fingerprint density at radius 3 is 2.18 bits per heavy atom. The highest BCUT2D eigenvalue weighted by Crippen LogP contribution is 2.34. The molecular weight excluding hydrogens is 510 g/mol. The summed E-state index contributed by atoms with van der Waals surface area (Å²) in [5.41, 5.74) is 4.59. The highest BCUT2D eigenvalue weighted by atomic mass is 32.2. The first-order valence-corrected chi connectivity index (χ1v) is 14.5. The first-order chi connectivity index (χ1) is 18.5. The fourth-order valence-electron chi connectivity index (χ4n) is 3.97. The first kappa shape index (κ1) is 27.7. The number of nitrogens with zero attached hydrogens (tertiary/aromatic N) is 1. The lowest BCUT2D eigenvalue weighted by atomic mass is 9.98. The Balaban J connectivity index is 1.35. The van der Waals surface area contributed by atoms with Crippen molar-refractivity contribution in [1.29, 1.82) is 0 Å². The predicted octanol–water partition coefficient (Wildman–Crippen LogP) is 8.41. The lowest BCUT2D eigenvalue weighted by Gasteiger charge is -2.16. The molecule has 0 bridgehead atoms. The zero-order chi connectivity index (χ0) is 26.7. The smallest absolute Gasteiger partial charge is 0.318 e. The topological polar surface area (TPSA) is 55.7 Å². The molecule has 1 aliphatic rings. The second-order valence-electron chi connectivity index (χ2n) is 9.03. The highest BCUT2D eigenvalue weighted by molar-refractivity contribution is 8.03. The molecule has 0 aliphatic heterocycles. The van der Waals surface area contributed by atoms with E-state index >= 15 is 0 Å². The van der Waals surface area contributed by atoms with Crippen molar-refractivity contribution in [1.82, 2.24) is 0 Å². The summed E-state index contributed by atoms with van der Waals surface area (Å²) in [5.74, 6) is 0.590. The van der Waals surface area contributed by atoms with Crippen LogP contribution >= 0.6 is 23.5 Å². The van der Waals surface area contributed by atoms with Crippen molar-refractivity contribution < 1.29 is 14.4 Å². The van der Waals surface area contributed by atoms with Gasteiger partial charge in [0.15, 0.2) is 5.78 Å². The zero-order valence-corrected chi connectivity index (χ0v) is 23.3. The van der Waals surface area contributed by atoms with Crippen molar-refractivity contribution in [3.8, 4) is 0 Å². The van der Waals surface area contributed by atoms with E-state index in [4.69, 9.17) is 4.84 Å². The van der Waals surface area contributed by atoms with Gasteiger partial charge in [-0.15, -0.1) is 11.8 Å². The van der Waals surface area contributed by atoms with Crippen LogP contribution in [0.2, 0.25) is 0 Å². The predicted molar refractivity (Wildman–Crippen MR) is 158 cm³/mol. The molecule has 0 radical (unpaired) electrons. The summed E-state index contributed by atoms with van der Waals surface area (Å²) >= 11 is 3.54. The van der Waals surface area contributed by atoms with Gasteiger partial charge in [-0.2, -0.15) is 0 Å². The number of rotatable bonds is 11. The van der Waals surface area contributed by atoms with Crippen molar-refractivity contribution in [2.75, 3.05) is 5.75 Å². The van der Waals surface area contributed by atoms with Gasteiger partial charge in [0.1, 0.15) is 0 Å². The first-order valence-electron chi connectivity index (χ1n) is 12.7. The van der Waals surface area contributed by atoms with E-state index in [1.54, 1.807) is 11.8 Å². The van der Waals surface area contributed by atoms with E-state index in [2.05, 4.69) is 48.5 Å². The molecule has 0 N–H and O–H groups in total. The minimum Gasteiger partial charge on any atom is -0.318 e. The minimum atomic E-state index is -0.408. The monoisotopic (exact) mass is 541 g/mol. The summed E-state index contributed by atoms with van der Waals surface area (Å²) in [4.78, 5) is 32.7. The van der Waals surface area contributed by atoms with Crippen molar-refractivity contribution in [3.05, 3.63) is 118 Å². The van der Waals surface area contributed by atoms with Crippen molar-refractivity contribution in [2.45, 2.75) is 49.3 Å². The Labute approximate surface area is 233 Å². The minimum absolute atomic E-state index is 0.0310. The summed E-state index contributed by atoms with van der Waals surface area (Å²) in [7, 11) is 0. The summed E-state index contributed by atoms with van der Waals surface area (Å²) in [5, 5.41) is 4.18. The van der Waals surface area contributed by atoms with Crippen LogP contribution in [-0.4, -0.2) is 23.2 Å². The molecule has 3 aromatic carbocycles. The molecule has 0 spiro atoms. The van der Waals surface area contributed by atoms with Crippen LogP contribution in [0.15, 0.2) is 116 Å². The summed E-state index contributed by atoms with van der Waals surface area (Å²) in [6.07, 6.45) is 7.64. The van der Waals surface area contributed by atoms with Crippen LogP contribution in [0.1, 0.15) is 54.1 Å². The molecule has 4 nitrogen and oxygen atoms in total. The molecule has 6 heteroatoms. The van der Waals surface area contributed by atoms with E-state index in [0.29, 0.717) is 11.1 Å². The van der Waals surface area contributed by atoms with Gasteiger partial charge in [0.25, 0.3) is 0 Å². The Morgan fingerprint density at radius 1 is 0.842 bits per heavy atom. The SMILES string of the molecule is CC(=O)O/N=C(\CCCSc1ccc(C)cc1)C1=CC=C(Sc2ccc(C(=O)c3ccccc3)cc2)CC1. The summed E-state index contributed by atoms with van der Waals surface area (Å²) < 4.78 is 0. The second-order valence-corrected chi connectivity index (χ2v) is 11.4. The van der Waals surface area contributed by atoms with Crippen LogP contribution in [-0.2, 0) is 9.63 Å². The van der Waals surface area contributed by atoms with Crippen LogP contribution in [0.25, 0.3) is 0 Å². The van der Waals surface area contributed by atoms with Crippen LogP contribution in [0.3, 0.4) is 0 Å². The number of carbonyl (C=O) groups is 2. The molecule has 0 saturated heterocycles. The van der Waals surface area contributed by atoms with E-state index in [9.17, 15) is 9.59 Å². The zero-order valence-electron chi connectivity index (χ0n) is 21.7. The number of aryl methyl sites for hydroxylation is 1. The van der Waals surface area contributed by atoms with Gasteiger partial charge in [0.05, 0.1) is 5.71 Å². The average Bonchev–Trinajstić information content (AvgIpc) is 2.94. The third kappa shape index (κ3) is 8.33. The molecule has 0 atom stereocenters. The molecule has 4 rings (SSSR count). The Kier molecular flexibility index (Phi) is 10.2. The van der Waals surface area contributed by atoms with E-state index in [1.807, 2.05) is 66.4 Å². The number of ketones is 1. The lowest BCUT2D eigenvalue weighted by molar-refractivity contribution is -0.140. The van der Waals surface area contributed by atoms with E-state index in [1.165, 1.54) is 22.3 Å². The number of hydrogen-bond acceptors (Lipinski definition) is 6. The van der Waals surface area contributed by atoms with Crippen molar-refractivity contribution >= 4 is 41.0 Å². The van der Waals surface area contributed by atoms with Gasteiger partial charge in [0.2, 0.25) is 0 Å². The fraction of sp³-hybridized carbons (Fsp3) is 0.219. The van der Waals surface area contributed by atoms with Crippen LogP contribution in [0.4, 0.5) is 0 Å². The van der Waals surface area contributed by atoms with E-state index in [-0.39, 0.29) is 5.78 Å². The van der Waals surface area contributed by atoms with Gasteiger partial charge < -0.3 is 4.84 Å². The van der Waals surface area contributed by atoms with Gasteiger partial charge in [-0.05, 0) is 85.2 Å². The molecule has 194 valence electrons. The van der Waals surface area contributed by atoms with Crippen molar-refractivity contribution in [3.63, 3.8) is 0 Å². The van der Waals surface area contributed by atoms with Crippen molar-refractivity contribution in [2.24, 2.45) is 5.16 Å². The maximum absolute atomic E-state index is 12.7. The molecular formula is C32H31NO3S2. The van der Waals surface area contributed by atoms with Crippen LogP contribution in [0, 0.1) is 6.92 Å². The number of benzene rings is 3. The Morgan fingerprint density at radius 2 is 1.53 bits per heavy atom. The van der Waals surface area contributed by atoms with E-state index in [0.717, 1.165) is 47.6 Å². The average molecular weight is 542 g/mol. The molecule has 0 heterocycles. The van der Waals surface area contributed by atoms with Gasteiger partial charge in [0, 0.05) is 27.8 Å². The van der Waals surface area contributed by atoms with Gasteiger partial charge in [-0.25, -0.2) is 4.79 Å². The number of thioether (sulfide) groups is 2. The fourth-order valence-corrected chi connectivity index (χ4v) is 5.74. The largest absolute Gasteiger partial charge is 0.331 e. The Bertz CT molecular complexity index is 1340. The Hall–Kier alpha value is -3.35. The third-order valence-corrected chi connectivity index (χ3v) is 8.22. The van der Waals surface area contributed by atoms with Gasteiger partial charge in [-0.3, -0.25) is 4.79 Å². The number of hydrogen-bond donors (Lipinski definition) is 0. The maximum atomic E-state index is 12.7. The van der Waals surface area contributed by atoms with Crippen LogP contribution in [0.5, 0.6) is 0 Å². The molecule has 1 aliphatic carbocycles. The third-order valence-electron chi connectivity index (χ3n) is 6.02. The lowest BCUT2D eigenvalue weighted by Crippen LogP contribution is -2.08. The molecule has 0 amide bonds. The number of allylic oxidation sites excluding steroid dienone is 4. The quantitative estimate of drug-likeness (QED) is 0.0609. The molecule has 3 aromatic rings. The summed E-state index contributed by atoms with van der Waals surface area (Å²) in [6, 6.07) is 25.7. The van der Waals surface area contributed by atoms with Gasteiger partial charge in [-0.1, -0.05) is 77.1 Å². The number of carbonyl (C=O) groups excluding carboxylic acids is 2. The second kappa shape index (κ2) is 14.0. The standard InChI is InChI=1S/C32H31NO3S2/c1-23-10-16-28(17-11-23)37-22-6-9-31(33-36-24(2)34)25-12-18-29(19-13-25)38-30-20-14-27(15-21-30)32(35)26-7-4-3-5-8-26/h3-5,7-8,10-12,14-18,20-21H,6,9,13,19,22H2,1-2H3/b33-31+. The molecule has 0 aromatic heterocycles. The molecule has 0 fully saturated rings. The van der Waals surface area contributed by atoms with Gasteiger partial charge >= 0.3 is 5.97 Å².